The Hall–Kier alpha value is -1.81. The largest absolute Gasteiger partial charge is 0.369 e. The highest BCUT2D eigenvalue weighted by Gasteiger charge is 2.28. The van der Waals surface area contributed by atoms with Crippen molar-refractivity contribution in [2.24, 2.45) is 0 Å². The fraction of sp³-hybridized carbons (Fsp3) is 0.500. The average molecular weight is 297 g/mol. The summed E-state index contributed by atoms with van der Waals surface area (Å²) in [6, 6.07) is 10.9. The topological polar surface area (TPSA) is 32.5 Å². The van der Waals surface area contributed by atoms with Crippen LogP contribution in [0.4, 0.5) is 5.69 Å². The predicted molar refractivity (Wildman–Crippen MR) is 87.1 cm³/mol. The van der Waals surface area contributed by atoms with Gasteiger partial charge in [0.15, 0.2) is 0 Å². The second kappa shape index (κ2) is 5.76. The maximum absolute atomic E-state index is 5.45. The van der Waals surface area contributed by atoms with Gasteiger partial charge in [0, 0.05) is 50.4 Å². The van der Waals surface area contributed by atoms with E-state index >= 15 is 0 Å². The number of aryl methyl sites for hydroxylation is 1. The van der Waals surface area contributed by atoms with Crippen molar-refractivity contribution in [2.45, 2.75) is 32.2 Å². The minimum Gasteiger partial charge on any atom is -0.369 e. The highest BCUT2D eigenvalue weighted by atomic mass is 16.5. The first kappa shape index (κ1) is 13.8. The minimum atomic E-state index is 0.652. The summed E-state index contributed by atoms with van der Waals surface area (Å²) in [7, 11) is 0. The normalized spacial score (nSPS) is 19.6. The van der Waals surface area contributed by atoms with Gasteiger partial charge in [0.05, 0.1) is 5.69 Å². The van der Waals surface area contributed by atoms with E-state index in [9.17, 15) is 0 Å². The van der Waals surface area contributed by atoms with Crippen molar-refractivity contribution in [2.75, 3.05) is 31.1 Å². The Labute approximate surface area is 131 Å². The van der Waals surface area contributed by atoms with E-state index in [1.807, 2.05) is 0 Å². The van der Waals surface area contributed by atoms with E-state index in [4.69, 9.17) is 4.52 Å². The molecule has 116 valence electrons. The van der Waals surface area contributed by atoms with Crippen molar-refractivity contribution in [1.29, 1.82) is 0 Å². The predicted octanol–water partition coefficient (Wildman–Crippen LogP) is 3.18. The summed E-state index contributed by atoms with van der Waals surface area (Å²) in [5, 5.41) is 4.23. The number of anilines is 1. The molecule has 4 rings (SSSR count). The molecule has 2 fully saturated rings. The van der Waals surface area contributed by atoms with Gasteiger partial charge in [-0.25, -0.2) is 0 Å². The fourth-order valence-electron chi connectivity index (χ4n) is 3.18. The van der Waals surface area contributed by atoms with E-state index in [1.54, 1.807) is 0 Å². The second-order valence-corrected chi connectivity index (χ2v) is 6.60. The summed E-state index contributed by atoms with van der Waals surface area (Å²) in [4.78, 5) is 4.95. The van der Waals surface area contributed by atoms with Crippen molar-refractivity contribution >= 4 is 5.69 Å². The molecule has 2 aliphatic rings. The fourth-order valence-corrected chi connectivity index (χ4v) is 3.18. The molecule has 0 N–H and O–H groups in total. The van der Waals surface area contributed by atoms with Crippen LogP contribution < -0.4 is 4.90 Å². The van der Waals surface area contributed by atoms with Crippen LogP contribution in [0.15, 0.2) is 34.9 Å². The first-order valence-corrected chi connectivity index (χ1v) is 8.27. The maximum atomic E-state index is 5.45. The van der Waals surface area contributed by atoms with Crippen LogP contribution in [0.5, 0.6) is 0 Å². The van der Waals surface area contributed by atoms with Crippen LogP contribution in [-0.4, -0.2) is 36.2 Å². The number of hydrogen-bond donors (Lipinski definition) is 0. The molecule has 4 heteroatoms. The van der Waals surface area contributed by atoms with Crippen molar-refractivity contribution in [3.05, 3.63) is 47.3 Å². The molecule has 1 saturated heterocycles. The van der Waals surface area contributed by atoms with Gasteiger partial charge in [-0.3, -0.25) is 4.90 Å². The smallest absolute Gasteiger partial charge is 0.140 e. The summed E-state index contributed by atoms with van der Waals surface area (Å²) in [6.45, 7) is 7.40. The van der Waals surface area contributed by atoms with E-state index in [0.29, 0.717) is 5.92 Å². The van der Waals surface area contributed by atoms with Crippen LogP contribution in [0.1, 0.15) is 35.8 Å². The van der Waals surface area contributed by atoms with E-state index in [-0.39, 0.29) is 0 Å². The zero-order valence-electron chi connectivity index (χ0n) is 13.2. The summed E-state index contributed by atoms with van der Waals surface area (Å²) < 4.78 is 5.45. The van der Waals surface area contributed by atoms with Gasteiger partial charge < -0.3 is 9.42 Å². The first-order chi connectivity index (χ1) is 10.8. The molecule has 2 aromatic rings. The van der Waals surface area contributed by atoms with Crippen molar-refractivity contribution < 1.29 is 4.52 Å². The molecule has 2 heterocycles. The number of hydrogen-bond acceptors (Lipinski definition) is 4. The molecular weight excluding hydrogens is 274 g/mol. The number of rotatable bonds is 4. The lowest BCUT2D eigenvalue weighted by Gasteiger charge is -2.35. The Kier molecular flexibility index (Phi) is 3.62. The van der Waals surface area contributed by atoms with E-state index in [0.717, 1.165) is 44.2 Å². The summed E-state index contributed by atoms with van der Waals surface area (Å²) >= 11 is 0. The molecule has 0 unspecified atom stereocenters. The van der Waals surface area contributed by atoms with Crippen LogP contribution in [0.3, 0.4) is 0 Å². The van der Waals surface area contributed by atoms with Gasteiger partial charge in [-0.05, 0) is 37.5 Å². The van der Waals surface area contributed by atoms with Gasteiger partial charge >= 0.3 is 0 Å². The van der Waals surface area contributed by atoms with E-state index in [2.05, 4.69) is 52.2 Å². The molecule has 1 aromatic carbocycles. The van der Waals surface area contributed by atoms with Crippen LogP contribution in [0.2, 0.25) is 0 Å². The summed E-state index contributed by atoms with van der Waals surface area (Å²) in [6.07, 6.45) is 2.54. The van der Waals surface area contributed by atoms with Gasteiger partial charge in [0.2, 0.25) is 0 Å². The van der Waals surface area contributed by atoms with Gasteiger partial charge in [-0.1, -0.05) is 17.3 Å². The highest BCUT2D eigenvalue weighted by Crippen LogP contribution is 2.40. The van der Waals surface area contributed by atoms with Crippen LogP contribution >= 0.6 is 0 Å². The van der Waals surface area contributed by atoms with Gasteiger partial charge in [-0.2, -0.15) is 0 Å². The third kappa shape index (κ3) is 3.02. The van der Waals surface area contributed by atoms with Crippen LogP contribution in [-0.2, 0) is 6.54 Å². The molecule has 1 saturated carbocycles. The molecule has 0 atom stereocenters. The molecule has 1 aromatic heterocycles. The van der Waals surface area contributed by atoms with E-state index in [1.165, 1.54) is 24.1 Å². The van der Waals surface area contributed by atoms with Gasteiger partial charge in [0.25, 0.3) is 0 Å². The quantitative estimate of drug-likeness (QED) is 0.867. The Balaban J connectivity index is 1.33. The second-order valence-electron chi connectivity index (χ2n) is 6.60. The molecule has 1 aliphatic heterocycles. The Bertz CT molecular complexity index is 639. The summed E-state index contributed by atoms with van der Waals surface area (Å²) in [5.41, 5.74) is 3.76. The third-order valence-electron chi connectivity index (χ3n) is 4.68. The SMILES string of the molecule is Cc1cccc(N2CCN(Cc3cc(C4CC4)on3)CC2)c1. The van der Waals surface area contributed by atoms with Gasteiger partial charge in [-0.15, -0.1) is 0 Å². The number of aromatic nitrogens is 1. The monoisotopic (exact) mass is 297 g/mol. The van der Waals surface area contributed by atoms with Crippen molar-refractivity contribution in [1.82, 2.24) is 10.1 Å². The van der Waals surface area contributed by atoms with Gasteiger partial charge in [0.1, 0.15) is 5.76 Å². The van der Waals surface area contributed by atoms with Crippen molar-refractivity contribution in [3.63, 3.8) is 0 Å². The lowest BCUT2D eigenvalue weighted by atomic mass is 10.2. The molecule has 0 radical (unpaired) electrons. The Morgan fingerprint density at radius 2 is 1.95 bits per heavy atom. The first-order valence-electron chi connectivity index (χ1n) is 8.27. The lowest BCUT2D eigenvalue weighted by molar-refractivity contribution is 0.241. The highest BCUT2D eigenvalue weighted by molar-refractivity contribution is 5.48. The lowest BCUT2D eigenvalue weighted by Crippen LogP contribution is -2.46. The van der Waals surface area contributed by atoms with Crippen LogP contribution in [0, 0.1) is 6.92 Å². The van der Waals surface area contributed by atoms with Crippen LogP contribution in [0.25, 0.3) is 0 Å². The number of benzene rings is 1. The maximum Gasteiger partial charge on any atom is 0.140 e. The summed E-state index contributed by atoms with van der Waals surface area (Å²) in [5.74, 6) is 1.74. The molecule has 0 amide bonds. The molecule has 0 spiro atoms. The zero-order valence-corrected chi connectivity index (χ0v) is 13.2. The molecular formula is C18H23N3O. The number of piperazine rings is 1. The molecule has 1 aliphatic carbocycles. The van der Waals surface area contributed by atoms with Crippen molar-refractivity contribution in [3.8, 4) is 0 Å². The zero-order chi connectivity index (χ0) is 14.9. The average Bonchev–Trinajstić information content (AvgIpc) is 3.28. The Morgan fingerprint density at radius 1 is 1.14 bits per heavy atom. The molecule has 0 bridgehead atoms. The standard InChI is InChI=1S/C18H23N3O/c1-14-3-2-4-17(11-14)21-9-7-20(8-10-21)13-16-12-18(22-19-16)15-5-6-15/h2-4,11-12,15H,5-10,13H2,1H3. The van der Waals surface area contributed by atoms with E-state index < -0.39 is 0 Å². The molecule has 4 nitrogen and oxygen atoms in total. The molecule has 22 heavy (non-hydrogen) atoms. The minimum absolute atomic E-state index is 0.652. The third-order valence-corrected chi connectivity index (χ3v) is 4.68. The number of nitrogens with zero attached hydrogens (tertiary/aromatic N) is 3. The Morgan fingerprint density at radius 3 is 2.68 bits per heavy atom.